The van der Waals surface area contributed by atoms with E-state index in [9.17, 15) is 4.79 Å². The molecule has 0 saturated carbocycles. The molecular formula is C14H27N5O. The van der Waals surface area contributed by atoms with Crippen LogP contribution in [0.2, 0.25) is 0 Å². The third kappa shape index (κ3) is 4.30. The third-order valence-corrected chi connectivity index (χ3v) is 3.23. The van der Waals surface area contributed by atoms with E-state index in [4.69, 9.17) is 5.73 Å². The molecule has 1 heterocycles. The van der Waals surface area contributed by atoms with Crippen LogP contribution in [0.25, 0.3) is 0 Å². The molecule has 0 aliphatic rings. The molecule has 0 aromatic carbocycles. The van der Waals surface area contributed by atoms with Crippen LogP contribution in [0.5, 0.6) is 0 Å². The molecule has 0 aliphatic carbocycles. The van der Waals surface area contributed by atoms with Gasteiger partial charge in [-0.1, -0.05) is 18.6 Å². The van der Waals surface area contributed by atoms with Gasteiger partial charge in [-0.05, 0) is 34.1 Å². The average Bonchev–Trinajstić information content (AvgIpc) is 2.76. The Kier molecular flexibility index (Phi) is 6.13. The van der Waals surface area contributed by atoms with E-state index in [0.717, 1.165) is 18.5 Å². The second kappa shape index (κ2) is 7.38. The standard InChI is InChI=1S/C14H27N5O/c1-6-7-12(15)13-8-18(17-16-13)9-14(20)19(10(2)3)11(4)5/h8,10-12H,6-7,9,15H2,1-5H3. The maximum Gasteiger partial charge on any atom is 0.244 e. The molecule has 1 atom stereocenters. The van der Waals surface area contributed by atoms with Gasteiger partial charge in [0.1, 0.15) is 6.54 Å². The Morgan fingerprint density at radius 1 is 1.35 bits per heavy atom. The van der Waals surface area contributed by atoms with E-state index >= 15 is 0 Å². The minimum absolute atomic E-state index is 0.0514. The Balaban J connectivity index is 2.71. The van der Waals surface area contributed by atoms with Crippen molar-refractivity contribution in [1.29, 1.82) is 0 Å². The van der Waals surface area contributed by atoms with Gasteiger partial charge < -0.3 is 10.6 Å². The Bertz CT molecular complexity index is 419. The number of nitrogens with two attached hydrogens (primary N) is 1. The first kappa shape index (κ1) is 16.6. The van der Waals surface area contributed by atoms with Crippen molar-refractivity contribution in [3.05, 3.63) is 11.9 Å². The van der Waals surface area contributed by atoms with Crippen molar-refractivity contribution < 1.29 is 4.79 Å². The highest BCUT2D eigenvalue weighted by Gasteiger charge is 2.21. The molecule has 20 heavy (non-hydrogen) atoms. The monoisotopic (exact) mass is 281 g/mol. The number of hydrogen-bond donors (Lipinski definition) is 1. The van der Waals surface area contributed by atoms with Crippen molar-refractivity contribution >= 4 is 5.91 Å². The molecule has 0 spiro atoms. The third-order valence-electron chi connectivity index (χ3n) is 3.23. The Morgan fingerprint density at radius 2 is 1.95 bits per heavy atom. The largest absolute Gasteiger partial charge is 0.336 e. The summed E-state index contributed by atoms with van der Waals surface area (Å²) in [4.78, 5) is 14.2. The molecule has 0 fully saturated rings. The summed E-state index contributed by atoms with van der Waals surface area (Å²) >= 11 is 0. The zero-order valence-corrected chi connectivity index (χ0v) is 13.2. The van der Waals surface area contributed by atoms with E-state index in [1.165, 1.54) is 0 Å². The second-order valence-corrected chi connectivity index (χ2v) is 5.72. The van der Waals surface area contributed by atoms with E-state index in [-0.39, 0.29) is 30.6 Å². The summed E-state index contributed by atoms with van der Waals surface area (Å²) in [5, 5.41) is 8.05. The molecule has 1 aromatic rings. The zero-order chi connectivity index (χ0) is 15.3. The van der Waals surface area contributed by atoms with E-state index in [2.05, 4.69) is 17.2 Å². The quantitative estimate of drug-likeness (QED) is 0.825. The van der Waals surface area contributed by atoms with Crippen molar-refractivity contribution in [2.75, 3.05) is 0 Å². The predicted molar refractivity (Wildman–Crippen MR) is 79.0 cm³/mol. The summed E-state index contributed by atoms with van der Waals surface area (Å²) in [6.45, 7) is 10.4. The number of aromatic nitrogens is 3. The SMILES string of the molecule is CCCC(N)c1cn(CC(=O)N(C(C)C)C(C)C)nn1. The maximum absolute atomic E-state index is 12.3. The summed E-state index contributed by atoms with van der Waals surface area (Å²) in [5.74, 6) is 0.0514. The molecule has 114 valence electrons. The highest BCUT2D eigenvalue weighted by Crippen LogP contribution is 2.12. The maximum atomic E-state index is 12.3. The smallest absolute Gasteiger partial charge is 0.244 e. The molecule has 1 amide bonds. The number of carbonyl (C=O) groups excluding carboxylic acids is 1. The van der Waals surface area contributed by atoms with Gasteiger partial charge in [-0.3, -0.25) is 4.79 Å². The van der Waals surface area contributed by atoms with Gasteiger partial charge in [0, 0.05) is 12.1 Å². The first-order chi connectivity index (χ1) is 9.36. The Hall–Kier alpha value is -1.43. The summed E-state index contributed by atoms with van der Waals surface area (Å²) in [7, 11) is 0. The molecule has 0 bridgehead atoms. The van der Waals surface area contributed by atoms with Gasteiger partial charge in [0.05, 0.1) is 17.9 Å². The van der Waals surface area contributed by atoms with Crippen LogP contribution in [0, 0.1) is 0 Å². The Morgan fingerprint density at radius 3 is 2.45 bits per heavy atom. The summed E-state index contributed by atoms with van der Waals surface area (Å²) in [6.07, 6.45) is 3.65. The first-order valence-electron chi connectivity index (χ1n) is 7.33. The molecule has 0 aliphatic heterocycles. The highest BCUT2D eigenvalue weighted by molar-refractivity contribution is 5.76. The summed E-state index contributed by atoms with van der Waals surface area (Å²) in [6, 6.07) is 0.246. The first-order valence-corrected chi connectivity index (χ1v) is 7.33. The number of nitrogens with zero attached hydrogens (tertiary/aromatic N) is 4. The average molecular weight is 281 g/mol. The van der Waals surface area contributed by atoms with Crippen LogP contribution < -0.4 is 5.73 Å². The lowest BCUT2D eigenvalue weighted by molar-refractivity contribution is -0.135. The van der Waals surface area contributed by atoms with Gasteiger partial charge in [0.15, 0.2) is 0 Å². The normalized spacial score (nSPS) is 13.0. The summed E-state index contributed by atoms with van der Waals surface area (Å²) < 4.78 is 1.57. The van der Waals surface area contributed by atoms with Crippen LogP contribution >= 0.6 is 0 Å². The van der Waals surface area contributed by atoms with Crippen LogP contribution in [-0.4, -0.2) is 37.9 Å². The molecule has 2 N–H and O–H groups in total. The van der Waals surface area contributed by atoms with E-state index < -0.39 is 0 Å². The topological polar surface area (TPSA) is 77.0 Å². The van der Waals surface area contributed by atoms with E-state index in [0.29, 0.717) is 0 Å². The van der Waals surface area contributed by atoms with Crippen LogP contribution in [-0.2, 0) is 11.3 Å². The van der Waals surface area contributed by atoms with Crippen molar-refractivity contribution in [3.8, 4) is 0 Å². The molecule has 6 heteroatoms. The molecule has 1 aromatic heterocycles. The van der Waals surface area contributed by atoms with E-state index in [1.54, 1.807) is 10.9 Å². The fourth-order valence-corrected chi connectivity index (χ4v) is 2.41. The van der Waals surface area contributed by atoms with Crippen molar-refractivity contribution in [2.24, 2.45) is 5.73 Å². The highest BCUT2D eigenvalue weighted by atomic mass is 16.2. The molecular weight excluding hydrogens is 254 g/mol. The van der Waals surface area contributed by atoms with Crippen molar-refractivity contribution in [2.45, 2.75) is 72.1 Å². The predicted octanol–water partition coefficient (Wildman–Crippen LogP) is 1.72. The minimum Gasteiger partial charge on any atom is -0.336 e. The van der Waals surface area contributed by atoms with Gasteiger partial charge in [0.25, 0.3) is 0 Å². The van der Waals surface area contributed by atoms with Crippen LogP contribution in [0.4, 0.5) is 0 Å². The van der Waals surface area contributed by atoms with Gasteiger partial charge in [-0.25, -0.2) is 4.68 Å². The number of amides is 1. The van der Waals surface area contributed by atoms with Gasteiger partial charge in [-0.15, -0.1) is 5.10 Å². The summed E-state index contributed by atoms with van der Waals surface area (Å²) in [5.41, 5.74) is 6.75. The fourth-order valence-electron chi connectivity index (χ4n) is 2.41. The number of rotatable bonds is 7. The van der Waals surface area contributed by atoms with Crippen LogP contribution in [0.15, 0.2) is 6.20 Å². The molecule has 1 unspecified atom stereocenters. The lowest BCUT2D eigenvalue weighted by Gasteiger charge is -2.30. The molecule has 6 nitrogen and oxygen atoms in total. The van der Waals surface area contributed by atoms with Crippen LogP contribution in [0.3, 0.4) is 0 Å². The van der Waals surface area contributed by atoms with Crippen molar-refractivity contribution in [3.63, 3.8) is 0 Å². The van der Waals surface area contributed by atoms with Crippen LogP contribution in [0.1, 0.15) is 59.2 Å². The number of hydrogen-bond acceptors (Lipinski definition) is 4. The fraction of sp³-hybridized carbons (Fsp3) is 0.786. The van der Waals surface area contributed by atoms with Gasteiger partial charge >= 0.3 is 0 Å². The number of carbonyl (C=O) groups is 1. The second-order valence-electron chi connectivity index (χ2n) is 5.72. The lowest BCUT2D eigenvalue weighted by Crippen LogP contribution is -2.43. The molecule has 0 radical (unpaired) electrons. The zero-order valence-electron chi connectivity index (χ0n) is 13.2. The van der Waals surface area contributed by atoms with Gasteiger partial charge in [-0.2, -0.15) is 0 Å². The van der Waals surface area contributed by atoms with Crippen molar-refractivity contribution in [1.82, 2.24) is 19.9 Å². The molecule has 1 rings (SSSR count). The minimum atomic E-state index is -0.102. The van der Waals surface area contributed by atoms with E-state index in [1.807, 2.05) is 32.6 Å². The lowest BCUT2D eigenvalue weighted by atomic mass is 10.1. The Labute approximate surface area is 121 Å². The molecule has 0 saturated heterocycles. The van der Waals surface area contributed by atoms with Gasteiger partial charge in [0.2, 0.25) is 5.91 Å².